The van der Waals surface area contributed by atoms with E-state index in [1.54, 1.807) is 11.3 Å². The lowest BCUT2D eigenvalue weighted by Crippen LogP contribution is -1.98. The zero-order valence-electron chi connectivity index (χ0n) is 10.5. The number of thiophene rings is 1. The van der Waals surface area contributed by atoms with Crippen molar-refractivity contribution in [2.24, 2.45) is 0 Å². The Balaban J connectivity index is 1.72. The molecule has 0 aliphatic heterocycles. The van der Waals surface area contributed by atoms with E-state index in [1.807, 2.05) is 11.4 Å². The molecule has 4 nitrogen and oxygen atoms in total. The Kier molecular flexibility index (Phi) is 3.66. The summed E-state index contributed by atoms with van der Waals surface area (Å²) in [7, 11) is 0. The number of aliphatic carboxylic acids is 1. The maximum absolute atomic E-state index is 10.5. The minimum absolute atomic E-state index is 0.115. The number of hydrogen-bond acceptors (Lipinski definition) is 5. The van der Waals surface area contributed by atoms with Gasteiger partial charge in [-0.15, -0.1) is 22.7 Å². The van der Waals surface area contributed by atoms with Crippen LogP contribution in [0.1, 0.15) is 12.1 Å². The van der Waals surface area contributed by atoms with Crippen molar-refractivity contribution in [1.82, 2.24) is 4.98 Å². The maximum Gasteiger partial charge on any atom is 0.303 e. The Morgan fingerprint density at radius 2 is 2.20 bits per heavy atom. The highest BCUT2D eigenvalue weighted by atomic mass is 32.1. The van der Waals surface area contributed by atoms with E-state index in [0.717, 1.165) is 16.5 Å². The van der Waals surface area contributed by atoms with Crippen molar-refractivity contribution in [2.75, 3.05) is 5.32 Å². The van der Waals surface area contributed by atoms with Crippen molar-refractivity contribution in [2.45, 2.75) is 12.8 Å². The van der Waals surface area contributed by atoms with Gasteiger partial charge in [0.05, 0.1) is 12.1 Å². The summed E-state index contributed by atoms with van der Waals surface area (Å²) >= 11 is 3.21. The molecule has 0 radical (unpaired) electrons. The second-order valence-corrected chi connectivity index (χ2v) is 6.14. The molecule has 0 aliphatic rings. The lowest BCUT2D eigenvalue weighted by molar-refractivity contribution is -0.136. The third-order valence-electron chi connectivity index (χ3n) is 2.85. The lowest BCUT2D eigenvalue weighted by atomic mass is 10.2. The normalized spacial score (nSPS) is 10.8. The Bertz CT molecular complexity index is 748. The van der Waals surface area contributed by atoms with E-state index in [4.69, 9.17) is 5.11 Å². The van der Waals surface area contributed by atoms with Crippen molar-refractivity contribution < 1.29 is 9.90 Å². The molecule has 2 aromatic heterocycles. The minimum atomic E-state index is -0.796. The monoisotopic (exact) mass is 304 g/mol. The van der Waals surface area contributed by atoms with E-state index in [-0.39, 0.29) is 6.42 Å². The van der Waals surface area contributed by atoms with Gasteiger partial charge in [-0.1, -0.05) is 0 Å². The number of carboxylic acids is 1. The number of rotatable bonds is 5. The molecule has 0 aliphatic carbocycles. The number of carboxylic acid groups (broad SMARTS) is 1. The van der Waals surface area contributed by atoms with Crippen molar-refractivity contribution in [1.29, 1.82) is 0 Å². The number of benzene rings is 1. The molecule has 0 saturated heterocycles. The maximum atomic E-state index is 10.5. The molecule has 0 amide bonds. The molecule has 0 spiro atoms. The SMILES string of the molecule is O=C(O)CCc1csc(Nc2ccc3sccc3c2)n1. The van der Waals surface area contributed by atoms with Crippen molar-refractivity contribution in [3.05, 3.63) is 40.7 Å². The quantitative estimate of drug-likeness (QED) is 0.744. The van der Waals surface area contributed by atoms with E-state index in [1.165, 1.54) is 21.4 Å². The number of aromatic nitrogens is 1. The summed E-state index contributed by atoms with van der Waals surface area (Å²) in [6.45, 7) is 0. The Hall–Kier alpha value is -1.92. The molecular weight excluding hydrogens is 292 g/mol. The average Bonchev–Trinajstić information content (AvgIpc) is 3.04. The highest BCUT2D eigenvalue weighted by molar-refractivity contribution is 7.17. The number of carbonyl (C=O) groups is 1. The summed E-state index contributed by atoms with van der Waals surface area (Å²) in [6, 6.07) is 8.29. The topological polar surface area (TPSA) is 62.2 Å². The van der Waals surface area contributed by atoms with Crippen LogP contribution in [0.25, 0.3) is 10.1 Å². The van der Waals surface area contributed by atoms with E-state index < -0.39 is 5.97 Å². The largest absolute Gasteiger partial charge is 0.481 e. The Morgan fingerprint density at radius 1 is 1.30 bits per heavy atom. The van der Waals surface area contributed by atoms with Gasteiger partial charge in [0.25, 0.3) is 0 Å². The predicted octanol–water partition coefficient (Wildman–Crippen LogP) is 4.12. The first-order valence-corrected chi connectivity index (χ1v) is 7.87. The fraction of sp³-hybridized carbons (Fsp3) is 0.143. The summed E-state index contributed by atoms with van der Waals surface area (Å²) in [5, 5.41) is 17.9. The van der Waals surface area contributed by atoms with Crippen LogP contribution < -0.4 is 5.32 Å². The van der Waals surface area contributed by atoms with Gasteiger partial charge in [0.15, 0.2) is 5.13 Å². The first-order chi connectivity index (χ1) is 9.70. The third kappa shape index (κ3) is 2.97. The zero-order valence-corrected chi connectivity index (χ0v) is 12.1. The summed E-state index contributed by atoms with van der Waals surface area (Å²) in [5.41, 5.74) is 1.81. The van der Waals surface area contributed by atoms with E-state index in [0.29, 0.717) is 6.42 Å². The van der Waals surface area contributed by atoms with Crippen LogP contribution in [0.2, 0.25) is 0 Å². The Morgan fingerprint density at radius 3 is 3.05 bits per heavy atom. The molecule has 0 atom stereocenters. The molecule has 2 heterocycles. The van der Waals surface area contributed by atoms with E-state index in [9.17, 15) is 4.79 Å². The van der Waals surface area contributed by atoms with Gasteiger partial charge >= 0.3 is 5.97 Å². The summed E-state index contributed by atoms with van der Waals surface area (Å²) in [4.78, 5) is 14.9. The molecule has 0 bridgehead atoms. The summed E-state index contributed by atoms with van der Waals surface area (Å²) in [6.07, 6.45) is 0.584. The fourth-order valence-electron chi connectivity index (χ4n) is 1.88. The number of thiazole rings is 1. The molecule has 20 heavy (non-hydrogen) atoms. The van der Waals surface area contributed by atoms with Crippen LogP contribution in [-0.4, -0.2) is 16.1 Å². The number of fused-ring (bicyclic) bond motifs is 1. The van der Waals surface area contributed by atoms with Gasteiger partial charge in [-0.2, -0.15) is 0 Å². The molecule has 6 heteroatoms. The average molecular weight is 304 g/mol. The van der Waals surface area contributed by atoms with Crippen molar-refractivity contribution in [3.8, 4) is 0 Å². The molecule has 1 aromatic carbocycles. The van der Waals surface area contributed by atoms with Crippen LogP contribution in [0.15, 0.2) is 35.0 Å². The second kappa shape index (κ2) is 5.60. The third-order valence-corrected chi connectivity index (χ3v) is 4.55. The molecule has 102 valence electrons. The van der Waals surface area contributed by atoms with Crippen molar-refractivity contribution in [3.63, 3.8) is 0 Å². The number of nitrogens with zero attached hydrogens (tertiary/aromatic N) is 1. The highest BCUT2D eigenvalue weighted by Crippen LogP contribution is 2.27. The molecule has 0 saturated carbocycles. The predicted molar refractivity (Wildman–Crippen MR) is 83.2 cm³/mol. The first-order valence-electron chi connectivity index (χ1n) is 6.11. The van der Waals surface area contributed by atoms with Crippen LogP contribution in [0.4, 0.5) is 10.8 Å². The molecular formula is C14H12N2O2S2. The van der Waals surface area contributed by atoms with Gasteiger partial charge in [0.2, 0.25) is 0 Å². The molecule has 0 fully saturated rings. The van der Waals surface area contributed by atoms with Gasteiger partial charge in [-0.25, -0.2) is 4.98 Å². The molecule has 3 rings (SSSR count). The number of aryl methyl sites for hydroxylation is 1. The first kappa shape index (κ1) is 13.1. The number of anilines is 2. The van der Waals surface area contributed by atoms with Gasteiger partial charge < -0.3 is 10.4 Å². The fourth-order valence-corrected chi connectivity index (χ4v) is 3.42. The van der Waals surface area contributed by atoms with Crippen LogP contribution in [-0.2, 0) is 11.2 Å². The van der Waals surface area contributed by atoms with Gasteiger partial charge in [-0.3, -0.25) is 4.79 Å². The van der Waals surface area contributed by atoms with Gasteiger partial charge in [0, 0.05) is 22.2 Å². The number of nitrogens with one attached hydrogen (secondary N) is 1. The lowest BCUT2D eigenvalue weighted by Gasteiger charge is -2.02. The van der Waals surface area contributed by atoms with Crippen LogP contribution in [0, 0.1) is 0 Å². The molecule has 3 aromatic rings. The Labute approximate surface area is 123 Å². The van der Waals surface area contributed by atoms with E-state index >= 15 is 0 Å². The minimum Gasteiger partial charge on any atom is -0.481 e. The van der Waals surface area contributed by atoms with Crippen LogP contribution in [0.3, 0.4) is 0 Å². The second-order valence-electron chi connectivity index (χ2n) is 4.34. The van der Waals surface area contributed by atoms with Crippen molar-refractivity contribution >= 4 is 49.5 Å². The standard InChI is InChI=1S/C14H12N2O2S2/c17-13(18)4-2-11-8-20-14(16-11)15-10-1-3-12-9(7-10)5-6-19-12/h1,3,5-8H,2,4H2,(H,15,16)(H,17,18). The smallest absolute Gasteiger partial charge is 0.303 e. The zero-order chi connectivity index (χ0) is 13.9. The number of hydrogen-bond donors (Lipinski definition) is 2. The van der Waals surface area contributed by atoms with Crippen LogP contribution in [0.5, 0.6) is 0 Å². The molecule has 0 unspecified atom stereocenters. The van der Waals surface area contributed by atoms with Gasteiger partial charge in [0.1, 0.15) is 0 Å². The highest BCUT2D eigenvalue weighted by Gasteiger charge is 2.05. The summed E-state index contributed by atoms with van der Waals surface area (Å²) in [5.74, 6) is -0.796. The van der Waals surface area contributed by atoms with Gasteiger partial charge in [-0.05, 0) is 35.0 Å². The van der Waals surface area contributed by atoms with E-state index in [2.05, 4.69) is 33.9 Å². The molecule has 2 N–H and O–H groups in total. The van der Waals surface area contributed by atoms with Crippen LogP contribution >= 0.6 is 22.7 Å². The summed E-state index contributed by atoms with van der Waals surface area (Å²) < 4.78 is 1.26.